The number of fused-ring (bicyclic) bond motifs is 1. The molecule has 1 aliphatic heterocycles. The molecule has 0 aromatic heterocycles. The number of esters is 1. The average Bonchev–Trinajstić information content (AvgIpc) is 2.92. The molecule has 0 unspecified atom stereocenters. The third-order valence-electron chi connectivity index (χ3n) is 3.38. The largest absolute Gasteiger partial charge is 0.466 e. The molecule has 1 N–H and O–H groups in total. The summed E-state index contributed by atoms with van der Waals surface area (Å²) in [6.07, 6.45) is 3.55. The van der Waals surface area contributed by atoms with Gasteiger partial charge in [-0.1, -0.05) is 0 Å². The van der Waals surface area contributed by atoms with E-state index in [-0.39, 0.29) is 12.1 Å². The molecule has 2 fully saturated rings. The fourth-order valence-corrected chi connectivity index (χ4v) is 2.49. The molecule has 1 saturated heterocycles. The quantitative estimate of drug-likeness (QED) is 0.560. The molecule has 2 rings (SSSR count). The molecule has 0 aromatic rings. The first-order valence-corrected chi connectivity index (χ1v) is 5.70. The fraction of sp³-hybridized carbons (Fsp3) is 0.909. The Bertz CT molecular complexity index is 253. The number of ether oxygens (including phenoxy) is 2. The standard InChI is InChI=1S/C11H18O4/c1-2-14-10(13)6-7-11-8(12)4-3-5-9(11)15-11/h8-9,12H,2-7H2,1H3/t8-,9+,11-/m0/s1. The van der Waals surface area contributed by atoms with Gasteiger partial charge in [-0.25, -0.2) is 0 Å². The second kappa shape index (κ2) is 4.10. The molecule has 0 radical (unpaired) electrons. The Morgan fingerprint density at radius 2 is 2.40 bits per heavy atom. The minimum atomic E-state index is -0.412. The molecule has 3 atom stereocenters. The highest BCUT2D eigenvalue weighted by molar-refractivity contribution is 5.69. The molecule has 0 spiro atoms. The van der Waals surface area contributed by atoms with Crippen molar-refractivity contribution < 1.29 is 19.4 Å². The smallest absolute Gasteiger partial charge is 0.305 e. The highest BCUT2D eigenvalue weighted by atomic mass is 16.6. The number of carbonyl (C=O) groups excluding carboxylic acids is 1. The average molecular weight is 214 g/mol. The van der Waals surface area contributed by atoms with E-state index in [1.165, 1.54) is 0 Å². The second-order valence-electron chi connectivity index (χ2n) is 4.31. The van der Waals surface area contributed by atoms with Crippen molar-refractivity contribution in [3.05, 3.63) is 0 Å². The lowest BCUT2D eigenvalue weighted by Crippen LogP contribution is -2.36. The molecule has 2 aliphatic rings. The summed E-state index contributed by atoms with van der Waals surface area (Å²) < 4.78 is 10.4. The van der Waals surface area contributed by atoms with Gasteiger partial charge in [-0.3, -0.25) is 4.79 Å². The van der Waals surface area contributed by atoms with Crippen molar-refractivity contribution in [2.24, 2.45) is 0 Å². The van der Waals surface area contributed by atoms with Crippen molar-refractivity contribution >= 4 is 5.97 Å². The lowest BCUT2D eigenvalue weighted by molar-refractivity contribution is -0.143. The van der Waals surface area contributed by atoms with Gasteiger partial charge in [0.2, 0.25) is 0 Å². The number of aliphatic hydroxyl groups excluding tert-OH is 1. The van der Waals surface area contributed by atoms with Gasteiger partial charge < -0.3 is 14.6 Å². The van der Waals surface area contributed by atoms with Crippen LogP contribution in [0.2, 0.25) is 0 Å². The van der Waals surface area contributed by atoms with Crippen molar-refractivity contribution in [3.63, 3.8) is 0 Å². The first-order chi connectivity index (χ1) is 7.19. The zero-order chi connectivity index (χ0) is 10.9. The van der Waals surface area contributed by atoms with Crippen molar-refractivity contribution in [1.29, 1.82) is 0 Å². The minimum Gasteiger partial charge on any atom is -0.466 e. The summed E-state index contributed by atoms with van der Waals surface area (Å²) in [5.74, 6) is -0.195. The predicted octanol–water partition coefficient (Wildman–Crippen LogP) is 1.01. The molecule has 1 heterocycles. The van der Waals surface area contributed by atoms with Crippen LogP contribution in [0.1, 0.15) is 39.0 Å². The van der Waals surface area contributed by atoms with Crippen LogP contribution < -0.4 is 0 Å². The third-order valence-corrected chi connectivity index (χ3v) is 3.38. The lowest BCUT2D eigenvalue weighted by atomic mass is 9.83. The summed E-state index contributed by atoms with van der Waals surface area (Å²) in [4.78, 5) is 11.2. The third kappa shape index (κ3) is 2.01. The Hall–Kier alpha value is -0.610. The SMILES string of the molecule is CCOC(=O)CC[C@@]12O[C@@H]1CCC[C@@H]2O. The van der Waals surface area contributed by atoms with Gasteiger partial charge in [0.1, 0.15) is 5.60 Å². The van der Waals surface area contributed by atoms with Crippen LogP contribution >= 0.6 is 0 Å². The minimum absolute atomic E-state index is 0.177. The monoisotopic (exact) mass is 214 g/mol. The summed E-state index contributed by atoms with van der Waals surface area (Å²) in [6, 6.07) is 0. The maximum Gasteiger partial charge on any atom is 0.305 e. The molecule has 1 saturated carbocycles. The molecule has 0 aromatic carbocycles. The van der Waals surface area contributed by atoms with E-state index in [0.717, 1.165) is 19.3 Å². The van der Waals surface area contributed by atoms with Crippen molar-refractivity contribution in [1.82, 2.24) is 0 Å². The Labute approximate surface area is 89.6 Å². The van der Waals surface area contributed by atoms with Gasteiger partial charge in [0, 0.05) is 6.42 Å². The van der Waals surface area contributed by atoms with Crippen molar-refractivity contribution in [2.75, 3.05) is 6.61 Å². The van der Waals surface area contributed by atoms with E-state index in [9.17, 15) is 9.90 Å². The number of hydrogen-bond acceptors (Lipinski definition) is 4. The van der Waals surface area contributed by atoms with Crippen LogP contribution in [0.3, 0.4) is 0 Å². The van der Waals surface area contributed by atoms with Crippen LogP contribution in [-0.2, 0) is 14.3 Å². The Morgan fingerprint density at radius 1 is 1.60 bits per heavy atom. The molecule has 0 bridgehead atoms. The maximum absolute atomic E-state index is 11.2. The molecular weight excluding hydrogens is 196 g/mol. The van der Waals surface area contributed by atoms with Gasteiger partial charge >= 0.3 is 5.97 Å². The maximum atomic E-state index is 11.2. The normalized spacial score (nSPS) is 38.3. The molecule has 0 amide bonds. The molecule has 86 valence electrons. The molecule has 15 heavy (non-hydrogen) atoms. The number of carbonyl (C=O) groups is 1. The first-order valence-electron chi connectivity index (χ1n) is 5.70. The van der Waals surface area contributed by atoms with E-state index in [1.807, 2.05) is 0 Å². The number of epoxide rings is 1. The van der Waals surface area contributed by atoms with Crippen molar-refractivity contribution in [3.8, 4) is 0 Å². The van der Waals surface area contributed by atoms with E-state index in [1.54, 1.807) is 6.92 Å². The van der Waals surface area contributed by atoms with E-state index >= 15 is 0 Å². The molecule has 4 nitrogen and oxygen atoms in total. The Morgan fingerprint density at radius 3 is 3.07 bits per heavy atom. The van der Waals surface area contributed by atoms with Crippen molar-refractivity contribution in [2.45, 2.75) is 56.8 Å². The van der Waals surface area contributed by atoms with E-state index in [0.29, 0.717) is 19.4 Å². The van der Waals surface area contributed by atoms with Gasteiger partial charge in [0.15, 0.2) is 0 Å². The zero-order valence-corrected chi connectivity index (χ0v) is 9.07. The summed E-state index contributed by atoms with van der Waals surface area (Å²) >= 11 is 0. The van der Waals surface area contributed by atoms with Gasteiger partial charge in [0.05, 0.1) is 18.8 Å². The summed E-state index contributed by atoms with van der Waals surface area (Å²) in [7, 11) is 0. The highest BCUT2D eigenvalue weighted by Crippen LogP contribution is 2.50. The predicted molar refractivity (Wildman–Crippen MR) is 53.3 cm³/mol. The van der Waals surface area contributed by atoms with Crippen LogP contribution in [0.15, 0.2) is 0 Å². The topological polar surface area (TPSA) is 59.1 Å². The van der Waals surface area contributed by atoms with Gasteiger partial charge in [0.25, 0.3) is 0 Å². The van der Waals surface area contributed by atoms with Crippen LogP contribution in [-0.4, -0.2) is 35.5 Å². The summed E-state index contributed by atoms with van der Waals surface area (Å²) in [5, 5.41) is 9.84. The van der Waals surface area contributed by atoms with Gasteiger partial charge in [-0.15, -0.1) is 0 Å². The second-order valence-corrected chi connectivity index (χ2v) is 4.31. The van der Waals surface area contributed by atoms with E-state index in [2.05, 4.69) is 0 Å². The number of hydrogen-bond donors (Lipinski definition) is 1. The molecular formula is C11H18O4. The number of aliphatic hydroxyl groups is 1. The van der Waals surface area contributed by atoms with Gasteiger partial charge in [-0.2, -0.15) is 0 Å². The summed E-state index contributed by atoms with van der Waals surface area (Å²) in [6.45, 7) is 2.21. The fourth-order valence-electron chi connectivity index (χ4n) is 2.49. The van der Waals surface area contributed by atoms with Crippen LogP contribution in [0, 0.1) is 0 Å². The summed E-state index contributed by atoms with van der Waals surface area (Å²) in [5.41, 5.74) is -0.412. The molecule has 1 aliphatic carbocycles. The van der Waals surface area contributed by atoms with Gasteiger partial charge in [-0.05, 0) is 32.6 Å². The van der Waals surface area contributed by atoms with Crippen LogP contribution in [0.5, 0.6) is 0 Å². The van der Waals surface area contributed by atoms with Crippen LogP contribution in [0.4, 0.5) is 0 Å². The lowest BCUT2D eigenvalue weighted by Gasteiger charge is -2.23. The highest BCUT2D eigenvalue weighted by Gasteiger charge is 2.62. The Balaban J connectivity index is 1.82. The van der Waals surface area contributed by atoms with Crippen LogP contribution in [0.25, 0.3) is 0 Å². The Kier molecular flexibility index (Phi) is 2.98. The van der Waals surface area contributed by atoms with E-state index < -0.39 is 11.7 Å². The van der Waals surface area contributed by atoms with E-state index in [4.69, 9.17) is 9.47 Å². The molecule has 4 heteroatoms. The first kappa shape index (κ1) is 10.9. The zero-order valence-electron chi connectivity index (χ0n) is 9.07. The number of rotatable bonds is 4.